The molecule has 8 heterocycles. The molecule has 5 saturated heterocycles. The number of esters is 2. The monoisotopic (exact) mass is 1660 g/mol. The first-order valence-corrected chi connectivity index (χ1v) is 38.8. The summed E-state index contributed by atoms with van der Waals surface area (Å²) in [7, 11) is 9.01. The topological polar surface area (TPSA) is 583 Å². The van der Waals surface area contributed by atoms with Crippen LogP contribution in [0.5, 0.6) is 0 Å². The molecule has 1 aliphatic carbocycles. The third-order valence-corrected chi connectivity index (χ3v) is 21.1. The van der Waals surface area contributed by atoms with E-state index < -0.39 is 221 Å². The molecule has 13 atom stereocenters. The van der Waals surface area contributed by atoms with Crippen molar-refractivity contribution in [3.63, 3.8) is 0 Å². The van der Waals surface area contributed by atoms with E-state index in [0.29, 0.717) is 18.4 Å². The molecule has 7 aliphatic rings. The van der Waals surface area contributed by atoms with Gasteiger partial charge in [-0.25, -0.2) is 29.3 Å². The first-order chi connectivity index (χ1) is 55.8. The van der Waals surface area contributed by atoms with E-state index in [2.05, 4.69) is 51.5 Å². The molecule has 119 heavy (non-hydrogen) atoms. The zero-order valence-corrected chi connectivity index (χ0v) is 69.8. The number of imidazole rings is 1. The third-order valence-electron chi connectivity index (χ3n) is 21.1. The number of aryl methyl sites for hydroxylation is 1. The van der Waals surface area contributed by atoms with E-state index in [9.17, 15) is 67.4 Å². The van der Waals surface area contributed by atoms with Gasteiger partial charge in [-0.1, -0.05) is 66.7 Å². The number of cyclic esters (lactones) is 2. The van der Waals surface area contributed by atoms with Crippen LogP contribution < -0.4 is 49.6 Å². The van der Waals surface area contributed by atoms with Gasteiger partial charge in [-0.15, -0.1) is 5.11 Å². The van der Waals surface area contributed by atoms with Crippen LogP contribution >= 0.6 is 0 Å². The highest BCUT2D eigenvalue weighted by Crippen LogP contribution is 2.36. The van der Waals surface area contributed by atoms with Crippen LogP contribution in [0.4, 0.5) is 17.5 Å². The highest BCUT2D eigenvalue weighted by molar-refractivity contribution is 6.11. The maximum atomic E-state index is 15.2. The molecule has 0 bridgehead atoms. The van der Waals surface area contributed by atoms with E-state index in [1.165, 1.54) is 98.4 Å². The maximum absolute atomic E-state index is 15.2. The van der Waals surface area contributed by atoms with E-state index in [4.69, 9.17) is 45.9 Å². The number of rotatable bonds is 13. The second-order valence-electron chi connectivity index (χ2n) is 31.6. The van der Waals surface area contributed by atoms with Crippen molar-refractivity contribution in [2.75, 3.05) is 86.5 Å². The normalized spacial score (nSPS) is 25.0. The second kappa shape index (κ2) is 38.9. The van der Waals surface area contributed by atoms with Crippen molar-refractivity contribution in [1.29, 1.82) is 0 Å². The number of amides is 11. The summed E-state index contributed by atoms with van der Waals surface area (Å²) in [6.07, 6.45) is -1.05. The smallest absolute Gasteiger partial charge is 0.354 e. The zero-order chi connectivity index (χ0) is 88.5. The van der Waals surface area contributed by atoms with Crippen molar-refractivity contribution < 1.29 is 91.2 Å². The van der Waals surface area contributed by atoms with Crippen LogP contribution in [-0.2, 0) is 62.2 Å². The molecule has 6 aliphatic heterocycles. The molecule has 2 aromatic heterocycles. The number of aromatic nitrogens is 6. The Kier molecular flexibility index (Phi) is 30.2. The number of primary amides is 1. The number of anilines is 2. The molecule has 11 amide bonds. The average Bonchev–Trinajstić information content (AvgIpc) is 1.45. The Labute approximate surface area is 684 Å². The lowest BCUT2D eigenvalue weighted by molar-refractivity contribution is -0.163. The van der Waals surface area contributed by atoms with Crippen LogP contribution in [0, 0.1) is 37.5 Å². The number of benzene rings is 2. The Balaban J connectivity index is 0.000000504. The van der Waals surface area contributed by atoms with Crippen molar-refractivity contribution in [3.05, 3.63) is 73.4 Å². The molecular formula is C76H108N22O21. The minimum atomic E-state index is -1.88. The highest BCUT2D eigenvalue weighted by atomic mass is 16.6. The van der Waals surface area contributed by atoms with Gasteiger partial charge in [0.1, 0.15) is 90.4 Å². The van der Waals surface area contributed by atoms with Gasteiger partial charge in [-0.3, -0.25) is 67.1 Å². The number of hydrogen-bond acceptors (Lipinski definition) is 29. The van der Waals surface area contributed by atoms with Gasteiger partial charge in [0.15, 0.2) is 22.9 Å². The molecule has 1 aromatic carbocycles. The predicted molar refractivity (Wildman–Crippen MR) is 423 cm³/mol. The Bertz CT molecular complexity index is 4810. The van der Waals surface area contributed by atoms with Crippen LogP contribution in [0.25, 0.3) is 22.6 Å². The molecule has 0 spiro atoms. The van der Waals surface area contributed by atoms with Crippen molar-refractivity contribution in [2.24, 2.45) is 39.7 Å². The summed E-state index contributed by atoms with van der Waals surface area (Å²) >= 11 is 0. The Morgan fingerprint density at radius 2 is 1.18 bits per heavy atom. The Morgan fingerprint density at radius 3 is 1.63 bits per heavy atom. The molecule has 0 saturated carbocycles. The van der Waals surface area contributed by atoms with Crippen LogP contribution in [0.15, 0.2) is 49.1 Å². The van der Waals surface area contributed by atoms with Crippen molar-refractivity contribution >= 4 is 105 Å². The summed E-state index contributed by atoms with van der Waals surface area (Å²) in [4.78, 5) is 235. The average molecular weight is 1670 g/mol. The number of likely N-dealkylation sites (N-methyl/N-ethyl adjacent to an activating group) is 4. The minimum absolute atomic E-state index is 0.0763. The van der Waals surface area contributed by atoms with Crippen molar-refractivity contribution in [1.82, 2.24) is 85.2 Å². The summed E-state index contributed by atoms with van der Waals surface area (Å²) in [5.74, 6) is -12.8. The SMILES string of the molecule is CN(C)/N=N/c1[nH]cnc1C(N)=O.Cc1c2oc3c(C)ccc(C(=O)NC4C(=O)NC(C(C)C)C(=O)N5CCCC5C(=O)N(C)CC(=O)N(C)C(C(C)C)C(=O)OC4C)c3nc-2c(C(=O)NC2C(=O)NC(C(C)C)C(=O)N3CCCC3C(=O)N(C)CC(=O)N(C)C(C(C)C)C(=O)OC2C)c(N)c1=O.Nc1ncn([C@H]2C[C@H](O)[C@@H](CO)O2)c(=O)n1. The zero-order valence-electron chi connectivity index (χ0n) is 69.8. The molecule has 43 nitrogen and oxygen atoms in total. The van der Waals surface area contributed by atoms with E-state index in [1.54, 1.807) is 76.4 Å². The summed E-state index contributed by atoms with van der Waals surface area (Å²) in [5.41, 5.74) is 13.3. The van der Waals surface area contributed by atoms with Crippen LogP contribution in [0.2, 0.25) is 0 Å². The number of nitrogens with zero attached hydrogens (tertiary/aromatic N) is 14. The number of fused-ring (bicyclic) bond motifs is 4. The maximum Gasteiger partial charge on any atom is 0.354 e. The molecule has 10 unspecified atom stereocenters. The number of nitrogens with one attached hydrogen (secondary N) is 5. The number of hydrogen-bond donors (Lipinski definition) is 10. The number of aromatic amines is 1. The van der Waals surface area contributed by atoms with Gasteiger partial charge in [0.25, 0.3) is 17.7 Å². The molecule has 0 radical (unpaired) electrons. The lowest BCUT2D eigenvalue weighted by Crippen LogP contribution is -2.61. The fourth-order valence-electron chi connectivity index (χ4n) is 14.6. The van der Waals surface area contributed by atoms with Gasteiger partial charge < -0.3 is 102 Å². The van der Waals surface area contributed by atoms with E-state index >= 15 is 9.59 Å². The molecular weight excluding hydrogens is 1560 g/mol. The van der Waals surface area contributed by atoms with Crippen LogP contribution in [0.3, 0.4) is 0 Å². The molecule has 5 fully saturated rings. The Morgan fingerprint density at radius 1 is 0.689 bits per heavy atom. The van der Waals surface area contributed by atoms with Crippen molar-refractivity contribution in [2.45, 2.75) is 194 Å². The first-order valence-electron chi connectivity index (χ1n) is 38.8. The molecule has 43 heteroatoms. The number of carbonyl (C=O) groups excluding carboxylic acids is 13. The van der Waals surface area contributed by atoms with Gasteiger partial charge in [-0.2, -0.15) is 4.98 Å². The number of aliphatic hydroxyl groups excluding tert-OH is 2. The molecule has 10 rings (SSSR count). The van der Waals surface area contributed by atoms with Crippen LogP contribution in [0.1, 0.15) is 150 Å². The van der Waals surface area contributed by atoms with Gasteiger partial charge in [-0.05, 0) is 88.7 Å². The summed E-state index contributed by atoms with van der Waals surface area (Å²) < 4.78 is 24.7. The predicted octanol–water partition coefficient (Wildman–Crippen LogP) is -1.34. The quantitative estimate of drug-likeness (QED) is 0.0214. The fourth-order valence-corrected chi connectivity index (χ4v) is 14.6. The number of nitrogens with two attached hydrogens (primary N) is 3. The number of carbonyl (C=O) groups is 13. The van der Waals surface area contributed by atoms with E-state index in [0.717, 1.165) is 14.4 Å². The van der Waals surface area contributed by atoms with Crippen LogP contribution in [-0.4, -0.2) is 299 Å². The van der Waals surface area contributed by atoms with Gasteiger partial charge in [0.2, 0.25) is 58.6 Å². The van der Waals surface area contributed by atoms with E-state index in [1.807, 2.05) is 0 Å². The highest BCUT2D eigenvalue weighted by Gasteiger charge is 2.47. The number of ether oxygens (including phenoxy) is 3. The van der Waals surface area contributed by atoms with Crippen molar-refractivity contribution in [3.8, 4) is 11.5 Å². The number of nitrogen functional groups attached to an aromatic ring is 2. The first kappa shape index (κ1) is 92.4. The minimum Gasteiger partial charge on any atom is -0.458 e. The molecule has 13 N–H and O–H groups in total. The second-order valence-corrected chi connectivity index (χ2v) is 31.6. The molecule has 648 valence electrons. The summed E-state index contributed by atoms with van der Waals surface area (Å²) in [5, 5.41) is 38.0. The number of H-pyrrole nitrogens is 1. The largest absolute Gasteiger partial charge is 0.458 e. The lowest BCUT2D eigenvalue weighted by atomic mass is 9.98. The van der Waals surface area contributed by atoms with Gasteiger partial charge in [0, 0.05) is 67.4 Å². The number of aliphatic hydroxyl groups is 2. The lowest BCUT2D eigenvalue weighted by Gasteiger charge is -2.36. The van der Waals surface area contributed by atoms with Gasteiger partial charge in [0.05, 0.1) is 48.9 Å². The third kappa shape index (κ3) is 20.7. The molecule has 3 aromatic rings. The standard InChI is InChI=1S/C62H86N12O16.C8H12N4O4.C6H10N6O/c1-27(2)42-59(84)73-23-17-19-36(73)57(82)69(13)25-38(75)71(15)48(29(5)6)61(86)88-33(11)44(55(80)65-42)67-53(78)35-22-21-31(9)51-46(35)64-47-40(41(63)50(77)32(10)52(47)90-51)54(79)68-45-34(12)89-62(87)49(30(7)8)72(16)39(76)26-70(14)58(83)37-20-18-24-74(37)60(85)43(28(3)4)66-56(45)81;9-7-10-3-12(8(15)11-7)6-1-4(14)5(2-13)16-6;1-12(2)11-10-6-4(5(7)13)8-3-9-6/h21-22,27-30,33-34,36-37,42-45,48-49H,17-20,23-26,63H2,1-16H3,(H,65,80)(H,66,81)(H,67,78)(H,68,79);3-6,13-14H,1-2H2,(H2,9,11,15);3H,1-2H3,(H2,7,13)(H,8,9)/b;;11-10+/t;4-,5+,6+;/m.0./s1. The summed E-state index contributed by atoms with van der Waals surface area (Å²) in [6, 6.07) is -7.90. The Hall–Kier alpha value is -12.1. The van der Waals surface area contributed by atoms with E-state index in [-0.39, 0.29) is 84.4 Å². The summed E-state index contributed by atoms with van der Waals surface area (Å²) in [6.45, 7) is 18.1. The van der Waals surface area contributed by atoms with Gasteiger partial charge >= 0.3 is 17.6 Å². The fraction of sp³-hybridized carbons (Fsp3) is 0.592.